The summed E-state index contributed by atoms with van der Waals surface area (Å²) in [4.78, 5) is 0. The Morgan fingerprint density at radius 3 is 2.44 bits per heavy atom. The number of hydrogen-bond donors (Lipinski definition) is 0. The standard InChI is InChI=1S/C12H4Br2Cl2O2/c13-6-1-2-8-12(10(6)14)18-11-7(16)3-5(15)4-9(11)17-8/h1-4H. The third-order valence-corrected chi connectivity index (χ3v) is 4.89. The van der Waals surface area contributed by atoms with Gasteiger partial charge in [-0.2, -0.15) is 0 Å². The molecule has 1 aliphatic heterocycles. The van der Waals surface area contributed by atoms with E-state index >= 15 is 0 Å². The van der Waals surface area contributed by atoms with Gasteiger partial charge >= 0.3 is 0 Å². The first-order valence-corrected chi connectivity index (χ1v) is 7.23. The van der Waals surface area contributed by atoms with E-state index in [0.717, 1.165) is 8.95 Å². The zero-order valence-corrected chi connectivity index (χ0v) is 13.3. The fourth-order valence-electron chi connectivity index (χ4n) is 1.62. The van der Waals surface area contributed by atoms with E-state index in [4.69, 9.17) is 32.7 Å². The van der Waals surface area contributed by atoms with Gasteiger partial charge in [0.15, 0.2) is 23.0 Å². The summed E-state index contributed by atoms with van der Waals surface area (Å²) in [6.45, 7) is 0. The summed E-state index contributed by atoms with van der Waals surface area (Å²) in [5, 5.41) is 0.914. The highest BCUT2D eigenvalue weighted by atomic mass is 79.9. The maximum Gasteiger partial charge on any atom is 0.188 e. The molecule has 18 heavy (non-hydrogen) atoms. The number of benzene rings is 2. The van der Waals surface area contributed by atoms with Crippen molar-refractivity contribution in [3.63, 3.8) is 0 Å². The summed E-state index contributed by atoms with van der Waals surface area (Å²) in [6, 6.07) is 6.95. The number of halogens is 4. The second-order valence-corrected chi connectivity index (χ2v) is 6.10. The van der Waals surface area contributed by atoms with Crippen LogP contribution in [0, 0.1) is 0 Å². The Labute approximate surface area is 130 Å². The van der Waals surface area contributed by atoms with Crippen LogP contribution in [0.1, 0.15) is 0 Å². The molecule has 6 heteroatoms. The minimum atomic E-state index is 0.412. The van der Waals surface area contributed by atoms with Gasteiger partial charge < -0.3 is 9.47 Å². The van der Waals surface area contributed by atoms with E-state index in [2.05, 4.69) is 31.9 Å². The van der Waals surface area contributed by atoms with Gasteiger partial charge in [-0.3, -0.25) is 0 Å². The van der Waals surface area contributed by atoms with Gasteiger partial charge in [0.05, 0.1) is 9.50 Å². The monoisotopic (exact) mass is 408 g/mol. The normalized spacial score (nSPS) is 12.2. The Bertz CT molecular complexity index is 659. The second kappa shape index (κ2) is 4.60. The molecule has 1 heterocycles. The van der Waals surface area contributed by atoms with Crippen molar-refractivity contribution in [3.8, 4) is 23.0 Å². The van der Waals surface area contributed by atoms with Crippen molar-refractivity contribution in [2.24, 2.45) is 0 Å². The van der Waals surface area contributed by atoms with Gasteiger partial charge in [0.25, 0.3) is 0 Å². The van der Waals surface area contributed by atoms with Crippen molar-refractivity contribution in [1.82, 2.24) is 0 Å². The van der Waals surface area contributed by atoms with E-state index in [1.165, 1.54) is 0 Å². The SMILES string of the molecule is Clc1cc(Cl)c2c(c1)Oc1ccc(Br)c(Br)c1O2. The van der Waals surface area contributed by atoms with Crippen molar-refractivity contribution in [3.05, 3.63) is 43.3 Å². The van der Waals surface area contributed by atoms with Crippen molar-refractivity contribution < 1.29 is 9.47 Å². The molecule has 0 aliphatic carbocycles. The molecule has 0 N–H and O–H groups in total. The van der Waals surface area contributed by atoms with Crippen LogP contribution >= 0.6 is 55.1 Å². The minimum absolute atomic E-state index is 0.412. The zero-order valence-electron chi connectivity index (χ0n) is 8.64. The third-order valence-electron chi connectivity index (χ3n) is 2.41. The van der Waals surface area contributed by atoms with Gasteiger partial charge in [-0.1, -0.05) is 23.2 Å². The summed E-state index contributed by atoms with van der Waals surface area (Å²) >= 11 is 18.9. The fraction of sp³-hybridized carbons (Fsp3) is 0. The molecule has 0 radical (unpaired) electrons. The minimum Gasteiger partial charge on any atom is -0.449 e. The summed E-state index contributed by atoms with van der Waals surface area (Å²) in [6.07, 6.45) is 0. The Balaban J connectivity index is 2.18. The van der Waals surface area contributed by atoms with Crippen molar-refractivity contribution >= 4 is 55.1 Å². The van der Waals surface area contributed by atoms with Crippen molar-refractivity contribution in [2.75, 3.05) is 0 Å². The van der Waals surface area contributed by atoms with Gasteiger partial charge in [0, 0.05) is 15.6 Å². The van der Waals surface area contributed by atoms with Gasteiger partial charge in [0.1, 0.15) is 0 Å². The predicted octanol–water partition coefficient (Wildman–Crippen LogP) is 6.42. The molecule has 0 amide bonds. The smallest absolute Gasteiger partial charge is 0.188 e. The largest absolute Gasteiger partial charge is 0.449 e. The highest BCUT2D eigenvalue weighted by Crippen LogP contribution is 2.53. The van der Waals surface area contributed by atoms with Gasteiger partial charge in [-0.25, -0.2) is 0 Å². The zero-order chi connectivity index (χ0) is 12.9. The van der Waals surface area contributed by atoms with Crippen LogP contribution in [0.3, 0.4) is 0 Å². The van der Waals surface area contributed by atoms with Gasteiger partial charge in [0.2, 0.25) is 0 Å². The average Bonchev–Trinajstić information content (AvgIpc) is 2.32. The Kier molecular flexibility index (Phi) is 3.22. The summed E-state index contributed by atoms with van der Waals surface area (Å²) in [7, 11) is 0. The predicted molar refractivity (Wildman–Crippen MR) is 78.5 cm³/mol. The van der Waals surface area contributed by atoms with Gasteiger partial charge in [-0.15, -0.1) is 0 Å². The molecule has 2 nitrogen and oxygen atoms in total. The number of ether oxygens (including phenoxy) is 2. The molecule has 0 saturated carbocycles. The Morgan fingerprint density at radius 2 is 1.67 bits per heavy atom. The summed E-state index contributed by atoms with van der Waals surface area (Å²) in [5.74, 6) is 2.17. The number of rotatable bonds is 0. The number of fused-ring (bicyclic) bond motifs is 2. The molecule has 0 spiro atoms. The molecule has 2 aromatic rings. The van der Waals surface area contributed by atoms with Crippen LogP contribution in [0.5, 0.6) is 23.0 Å². The molecular weight excluding hydrogens is 407 g/mol. The molecule has 2 aromatic carbocycles. The van der Waals surface area contributed by atoms with Crippen LogP contribution in [0.25, 0.3) is 0 Å². The fourth-order valence-corrected chi connectivity index (χ4v) is 2.86. The molecule has 3 rings (SSSR count). The van der Waals surface area contributed by atoms with Crippen LogP contribution in [-0.2, 0) is 0 Å². The molecule has 0 fully saturated rings. The topological polar surface area (TPSA) is 18.5 Å². The first-order chi connectivity index (χ1) is 8.56. The van der Waals surface area contributed by atoms with Crippen LogP contribution in [0.15, 0.2) is 33.2 Å². The maximum atomic E-state index is 6.09. The summed E-state index contributed by atoms with van der Waals surface area (Å²) in [5.41, 5.74) is 0. The number of hydrogen-bond acceptors (Lipinski definition) is 2. The lowest BCUT2D eigenvalue weighted by Crippen LogP contribution is -2.00. The van der Waals surface area contributed by atoms with Crippen molar-refractivity contribution in [1.29, 1.82) is 0 Å². The highest BCUT2D eigenvalue weighted by molar-refractivity contribution is 9.13. The molecule has 92 valence electrons. The van der Waals surface area contributed by atoms with Crippen LogP contribution in [0.2, 0.25) is 10.0 Å². The second-order valence-electron chi connectivity index (χ2n) is 3.61. The van der Waals surface area contributed by atoms with E-state index in [9.17, 15) is 0 Å². The molecule has 1 aliphatic rings. The molecule has 0 atom stereocenters. The lowest BCUT2D eigenvalue weighted by Gasteiger charge is -2.22. The van der Waals surface area contributed by atoms with Crippen molar-refractivity contribution in [2.45, 2.75) is 0 Å². The Morgan fingerprint density at radius 1 is 0.889 bits per heavy atom. The van der Waals surface area contributed by atoms with Gasteiger partial charge in [-0.05, 0) is 50.1 Å². The molecule has 0 bridgehead atoms. The molecular formula is C12H4Br2Cl2O2. The quantitative estimate of drug-likeness (QED) is 0.426. The molecule has 0 unspecified atom stereocenters. The average molecular weight is 411 g/mol. The summed E-state index contributed by atoms with van der Waals surface area (Å²) < 4.78 is 13.2. The van der Waals surface area contributed by atoms with E-state index in [1.807, 2.05) is 12.1 Å². The third kappa shape index (κ3) is 2.01. The first-order valence-electron chi connectivity index (χ1n) is 4.89. The van der Waals surface area contributed by atoms with Crippen LogP contribution < -0.4 is 9.47 Å². The lowest BCUT2D eigenvalue weighted by atomic mass is 10.2. The Hall–Kier alpha value is -0.420. The van der Waals surface area contributed by atoms with Crippen LogP contribution in [-0.4, -0.2) is 0 Å². The maximum absolute atomic E-state index is 6.09. The molecule has 0 aromatic heterocycles. The molecule has 0 saturated heterocycles. The van der Waals surface area contributed by atoms with E-state index in [-0.39, 0.29) is 0 Å². The highest BCUT2D eigenvalue weighted by Gasteiger charge is 2.24. The van der Waals surface area contributed by atoms with E-state index < -0.39 is 0 Å². The van der Waals surface area contributed by atoms with Crippen LogP contribution in [0.4, 0.5) is 0 Å². The first kappa shape index (κ1) is 12.6. The lowest BCUT2D eigenvalue weighted by molar-refractivity contribution is 0.357. The van der Waals surface area contributed by atoms with E-state index in [1.54, 1.807) is 12.1 Å². The van der Waals surface area contributed by atoms with E-state index in [0.29, 0.717) is 33.0 Å².